The Labute approximate surface area is 155 Å². The van der Waals surface area contributed by atoms with Crippen molar-refractivity contribution >= 4 is 46.4 Å². The monoisotopic (exact) mass is 387 g/mol. The fourth-order valence-corrected chi connectivity index (χ4v) is 3.21. The van der Waals surface area contributed by atoms with Crippen molar-refractivity contribution in [3.63, 3.8) is 0 Å². The molecule has 2 rings (SSSR count). The molecule has 0 saturated carbocycles. The highest BCUT2D eigenvalue weighted by Crippen LogP contribution is 2.30. The molecule has 0 N–H and O–H groups in total. The first-order chi connectivity index (χ1) is 11.0. The van der Waals surface area contributed by atoms with Gasteiger partial charge < -0.3 is 4.74 Å². The molecule has 0 amide bonds. The quantitative estimate of drug-likeness (QED) is 0.511. The summed E-state index contributed by atoms with van der Waals surface area (Å²) < 4.78 is 5.62. The van der Waals surface area contributed by atoms with Crippen molar-refractivity contribution in [1.29, 1.82) is 5.26 Å². The second-order valence-corrected chi connectivity index (χ2v) is 6.66. The normalized spacial score (nSPS) is 11.8. The molecule has 23 heavy (non-hydrogen) atoms. The van der Waals surface area contributed by atoms with Crippen molar-refractivity contribution in [2.75, 3.05) is 6.61 Å². The Morgan fingerprint density at radius 1 is 0.957 bits per heavy atom. The molecule has 0 aliphatic heterocycles. The van der Waals surface area contributed by atoms with Gasteiger partial charge in [0.05, 0.1) is 18.6 Å². The minimum absolute atomic E-state index is 0.300. The topological polar surface area (TPSA) is 33.0 Å². The second-order valence-electron chi connectivity index (χ2n) is 4.94. The molecule has 0 bridgehead atoms. The molecular weight excluding hydrogens is 376 g/mol. The van der Waals surface area contributed by atoms with Crippen molar-refractivity contribution in [2.24, 2.45) is 0 Å². The van der Waals surface area contributed by atoms with Crippen molar-refractivity contribution in [1.82, 2.24) is 0 Å². The lowest BCUT2D eigenvalue weighted by Crippen LogP contribution is -2.02. The SMILES string of the molecule is N#CC(CCCOc1cc(Cl)cc(Cl)c1)c1ccc(Cl)cc1Cl. The van der Waals surface area contributed by atoms with Gasteiger partial charge in [0.2, 0.25) is 0 Å². The third-order valence-electron chi connectivity index (χ3n) is 3.24. The number of rotatable bonds is 6. The molecule has 1 unspecified atom stereocenters. The fraction of sp³-hybridized carbons (Fsp3) is 0.235. The molecule has 0 heterocycles. The summed E-state index contributed by atoms with van der Waals surface area (Å²) in [5.74, 6) is 0.312. The van der Waals surface area contributed by atoms with Crippen LogP contribution in [0.25, 0.3) is 0 Å². The van der Waals surface area contributed by atoms with Gasteiger partial charge in [-0.15, -0.1) is 0 Å². The first-order valence-electron chi connectivity index (χ1n) is 6.93. The molecule has 1 atom stereocenters. The highest BCUT2D eigenvalue weighted by molar-refractivity contribution is 6.35. The van der Waals surface area contributed by atoms with Crippen LogP contribution in [0.15, 0.2) is 36.4 Å². The summed E-state index contributed by atoms with van der Waals surface area (Å²) in [6.07, 6.45) is 1.33. The molecule has 0 aliphatic carbocycles. The summed E-state index contributed by atoms with van der Waals surface area (Å²) in [6, 6.07) is 12.5. The molecule has 0 saturated heterocycles. The van der Waals surface area contributed by atoms with Crippen LogP contribution in [0.4, 0.5) is 0 Å². The lowest BCUT2D eigenvalue weighted by molar-refractivity contribution is 0.305. The van der Waals surface area contributed by atoms with E-state index in [2.05, 4.69) is 6.07 Å². The van der Waals surface area contributed by atoms with Crippen molar-refractivity contribution in [3.05, 3.63) is 62.1 Å². The van der Waals surface area contributed by atoms with E-state index in [1.807, 2.05) is 0 Å². The number of hydrogen-bond acceptors (Lipinski definition) is 2. The lowest BCUT2D eigenvalue weighted by Gasteiger charge is -2.12. The third kappa shape index (κ3) is 5.48. The molecule has 0 aromatic heterocycles. The van der Waals surface area contributed by atoms with Gasteiger partial charge in [0.15, 0.2) is 0 Å². The van der Waals surface area contributed by atoms with Crippen LogP contribution >= 0.6 is 46.4 Å². The van der Waals surface area contributed by atoms with Crippen LogP contribution in [0.1, 0.15) is 24.3 Å². The Kier molecular flexibility index (Phi) is 6.87. The molecule has 0 spiro atoms. The van der Waals surface area contributed by atoms with E-state index in [0.717, 1.165) is 5.56 Å². The van der Waals surface area contributed by atoms with Crippen LogP contribution in [0.5, 0.6) is 5.75 Å². The largest absolute Gasteiger partial charge is 0.493 e. The van der Waals surface area contributed by atoms with E-state index in [9.17, 15) is 5.26 Å². The molecule has 2 aromatic rings. The Balaban J connectivity index is 1.90. The van der Waals surface area contributed by atoms with Crippen LogP contribution in [-0.4, -0.2) is 6.61 Å². The Bertz CT molecular complexity index is 707. The summed E-state index contributed by atoms with van der Waals surface area (Å²) in [4.78, 5) is 0. The highest BCUT2D eigenvalue weighted by Gasteiger charge is 2.14. The van der Waals surface area contributed by atoms with E-state index in [1.54, 1.807) is 36.4 Å². The number of ether oxygens (including phenoxy) is 1. The van der Waals surface area contributed by atoms with Crippen LogP contribution in [0.2, 0.25) is 20.1 Å². The van der Waals surface area contributed by atoms with Gasteiger partial charge in [-0.05, 0) is 48.7 Å². The smallest absolute Gasteiger partial charge is 0.122 e. The van der Waals surface area contributed by atoms with E-state index < -0.39 is 0 Å². The third-order valence-corrected chi connectivity index (χ3v) is 4.23. The first kappa shape index (κ1) is 18.2. The van der Waals surface area contributed by atoms with Gasteiger partial charge in [-0.3, -0.25) is 0 Å². The van der Waals surface area contributed by atoms with E-state index in [0.29, 0.717) is 45.3 Å². The van der Waals surface area contributed by atoms with Gasteiger partial charge in [0, 0.05) is 20.1 Å². The van der Waals surface area contributed by atoms with Crippen molar-refractivity contribution in [2.45, 2.75) is 18.8 Å². The van der Waals surface area contributed by atoms with Crippen LogP contribution in [0.3, 0.4) is 0 Å². The summed E-state index contributed by atoms with van der Waals surface area (Å²) in [7, 11) is 0. The highest BCUT2D eigenvalue weighted by atomic mass is 35.5. The number of hydrogen-bond donors (Lipinski definition) is 0. The standard InChI is InChI=1S/C17H13Cl4NO/c18-12-3-4-16(17(21)9-12)11(10-22)2-1-5-23-15-7-13(19)6-14(20)8-15/h3-4,6-9,11H,1-2,5H2. The summed E-state index contributed by atoms with van der Waals surface area (Å²) in [5, 5.41) is 11.5. The molecule has 6 heteroatoms. The molecule has 120 valence electrons. The van der Waals surface area contributed by atoms with Gasteiger partial charge in [-0.2, -0.15) is 5.26 Å². The van der Waals surface area contributed by atoms with Crippen molar-refractivity contribution < 1.29 is 4.74 Å². The maximum Gasteiger partial charge on any atom is 0.122 e. The van der Waals surface area contributed by atoms with Gasteiger partial charge in [-0.1, -0.05) is 52.5 Å². The average Bonchev–Trinajstić information content (AvgIpc) is 2.47. The molecule has 0 fully saturated rings. The van der Waals surface area contributed by atoms with Crippen molar-refractivity contribution in [3.8, 4) is 11.8 Å². The number of nitriles is 1. The van der Waals surface area contributed by atoms with Gasteiger partial charge in [0.25, 0.3) is 0 Å². The summed E-state index contributed by atoms with van der Waals surface area (Å²) in [5.41, 5.74) is 0.782. The summed E-state index contributed by atoms with van der Waals surface area (Å²) in [6.45, 7) is 0.458. The van der Waals surface area contributed by atoms with Crippen LogP contribution in [0, 0.1) is 11.3 Å². The Hall–Kier alpha value is -1.11. The zero-order valence-electron chi connectivity index (χ0n) is 12.0. The molecule has 0 aliphatic rings. The average molecular weight is 389 g/mol. The maximum atomic E-state index is 9.35. The zero-order valence-corrected chi connectivity index (χ0v) is 15.1. The minimum Gasteiger partial charge on any atom is -0.493 e. The van der Waals surface area contributed by atoms with E-state index >= 15 is 0 Å². The first-order valence-corrected chi connectivity index (χ1v) is 8.44. The van der Waals surface area contributed by atoms with Gasteiger partial charge >= 0.3 is 0 Å². The molecule has 2 nitrogen and oxygen atoms in total. The number of nitrogens with zero attached hydrogens (tertiary/aromatic N) is 1. The molecule has 0 radical (unpaired) electrons. The lowest BCUT2D eigenvalue weighted by atomic mass is 9.96. The second kappa shape index (κ2) is 8.66. The minimum atomic E-state index is -0.300. The number of benzene rings is 2. The molecule has 2 aromatic carbocycles. The fourth-order valence-electron chi connectivity index (χ4n) is 2.16. The van der Waals surface area contributed by atoms with Gasteiger partial charge in [-0.25, -0.2) is 0 Å². The Morgan fingerprint density at radius 3 is 2.26 bits per heavy atom. The number of halogens is 4. The Morgan fingerprint density at radius 2 is 1.65 bits per heavy atom. The van der Waals surface area contributed by atoms with Crippen LogP contribution in [-0.2, 0) is 0 Å². The predicted molar refractivity (Wildman–Crippen MR) is 96.0 cm³/mol. The van der Waals surface area contributed by atoms with Gasteiger partial charge in [0.1, 0.15) is 5.75 Å². The predicted octanol–water partition coefficient (Wildman–Crippen LogP) is 6.77. The maximum absolute atomic E-state index is 9.35. The summed E-state index contributed by atoms with van der Waals surface area (Å²) >= 11 is 23.9. The zero-order chi connectivity index (χ0) is 16.8. The van der Waals surface area contributed by atoms with E-state index in [-0.39, 0.29) is 5.92 Å². The molecular formula is C17H13Cl4NO. The van der Waals surface area contributed by atoms with E-state index in [1.165, 1.54) is 0 Å². The van der Waals surface area contributed by atoms with E-state index in [4.69, 9.17) is 51.1 Å². The van der Waals surface area contributed by atoms with Crippen LogP contribution < -0.4 is 4.74 Å².